The minimum Gasteiger partial charge on any atom is -0.436 e. The lowest BCUT2D eigenvalue weighted by Gasteiger charge is -2.34. The normalized spacial score (nSPS) is 15.8. The van der Waals surface area contributed by atoms with E-state index in [4.69, 9.17) is 4.42 Å². The zero-order valence-electron chi connectivity index (χ0n) is 19.0. The Bertz CT molecular complexity index is 1220. The highest BCUT2D eigenvalue weighted by Crippen LogP contribution is 2.29. The molecule has 3 amide bonds. The Balaban J connectivity index is 1.28. The molecule has 1 saturated carbocycles. The van der Waals surface area contributed by atoms with Gasteiger partial charge in [0.05, 0.1) is 11.8 Å². The molecule has 8 heteroatoms. The van der Waals surface area contributed by atoms with Gasteiger partial charge in [-0.25, -0.2) is 4.98 Å². The summed E-state index contributed by atoms with van der Waals surface area (Å²) in [4.78, 5) is 45.4. The predicted molar refractivity (Wildman–Crippen MR) is 126 cm³/mol. The van der Waals surface area contributed by atoms with Crippen molar-refractivity contribution >= 4 is 17.7 Å². The fourth-order valence-electron chi connectivity index (χ4n) is 4.01. The number of nitrogens with one attached hydrogen (secondary N) is 1. The lowest BCUT2D eigenvalue weighted by atomic mass is 10.1. The molecule has 2 heterocycles. The summed E-state index contributed by atoms with van der Waals surface area (Å²) in [7, 11) is 0. The molecule has 5 rings (SSSR count). The van der Waals surface area contributed by atoms with Crippen LogP contribution in [0.15, 0.2) is 59.1 Å². The average Bonchev–Trinajstić information content (AvgIpc) is 3.55. The van der Waals surface area contributed by atoms with Gasteiger partial charge < -0.3 is 19.5 Å². The molecule has 3 aromatic rings. The first-order valence-corrected chi connectivity index (χ1v) is 11.5. The summed E-state index contributed by atoms with van der Waals surface area (Å²) in [5.41, 5.74) is 3.18. The Hall–Kier alpha value is -3.94. The minimum absolute atomic E-state index is 0.137. The van der Waals surface area contributed by atoms with Gasteiger partial charge in [-0.15, -0.1) is 0 Å². The number of aryl methyl sites for hydroxylation is 1. The molecule has 1 saturated heterocycles. The standard InChI is InChI=1S/C26H26N4O4/c1-17-6-8-18(9-7-17)22-16-27-24(34-22)20-4-2-3-5-21(20)25(32)29-12-14-30(15-13-29)26(33)23(31)28-19-10-11-19/h2-9,16,19H,10-15H2,1H3,(H,28,31). The van der Waals surface area contributed by atoms with Crippen LogP contribution in [0.2, 0.25) is 0 Å². The third-order valence-electron chi connectivity index (χ3n) is 6.19. The zero-order chi connectivity index (χ0) is 23.7. The summed E-state index contributed by atoms with van der Waals surface area (Å²) in [6, 6.07) is 15.3. The van der Waals surface area contributed by atoms with Gasteiger partial charge >= 0.3 is 11.8 Å². The monoisotopic (exact) mass is 458 g/mol. The molecule has 2 aromatic carbocycles. The van der Waals surface area contributed by atoms with E-state index in [0.717, 1.165) is 24.0 Å². The molecule has 2 fully saturated rings. The number of hydrogen-bond donors (Lipinski definition) is 1. The maximum Gasteiger partial charge on any atom is 0.312 e. The number of carbonyl (C=O) groups excluding carboxylic acids is 3. The van der Waals surface area contributed by atoms with E-state index in [-0.39, 0.29) is 11.9 Å². The summed E-state index contributed by atoms with van der Waals surface area (Å²) in [6.07, 6.45) is 3.52. The van der Waals surface area contributed by atoms with Gasteiger partial charge in [-0.1, -0.05) is 42.0 Å². The predicted octanol–water partition coefficient (Wildman–Crippen LogP) is 2.88. The van der Waals surface area contributed by atoms with Gasteiger partial charge in [0.1, 0.15) is 0 Å². The van der Waals surface area contributed by atoms with E-state index in [9.17, 15) is 14.4 Å². The van der Waals surface area contributed by atoms with Crippen molar-refractivity contribution in [3.05, 3.63) is 65.9 Å². The molecule has 1 N–H and O–H groups in total. The van der Waals surface area contributed by atoms with Crippen molar-refractivity contribution in [1.29, 1.82) is 0 Å². The molecular formula is C26H26N4O4. The number of carbonyl (C=O) groups is 3. The molecule has 174 valence electrons. The lowest BCUT2D eigenvalue weighted by molar-refractivity contribution is -0.146. The molecule has 2 aliphatic rings. The topological polar surface area (TPSA) is 95.8 Å². The second kappa shape index (κ2) is 9.13. The first-order valence-electron chi connectivity index (χ1n) is 11.5. The molecule has 34 heavy (non-hydrogen) atoms. The Morgan fingerprint density at radius 3 is 2.32 bits per heavy atom. The largest absolute Gasteiger partial charge is 0.436 e. The Morgan fingerprint density at radius 1 is 0.941 bits per heavy atom. The fraction of sp³-hybridized carbons (Fsp3) is 0.308. The summed E-state index contributed by atoms with van der Waals surface area (Å²) in [5.74, 6) is -0.220. The SMILES string of the molecule is Cc1ccc(-c2cnc(-c3ccccc3C(=O)N3CCN(C(=O)C(=O)NC4CC4)CC3)o2)cc1. The van der Waals surface area contributed by atoms with Crippen LogP contribution in [0.1, 0.15) is 28.8 Å². The van der Waals surface area contributed by atoms with Gasteiger partial charge in [-0.05, 0) is 31.9 Å². The second-order valence-electron chi connectivity index (χ2n) is 8.77. The van der Waals surface area contributed by atoms with Crippen molar-refractivity contribution < 1.29 is 18.8 Å². The van der Waals surface area contributed by atoms with Crippen molar-refractivity contribution in [1.82, 2.24) is 20.1 Å². The molecule has 8 nitrogen and oxygen atoms in total. The Kier molecular flexibility index (Phi) is 5.88. The van der Waals surface area contributed by atoms with Gasteiger partial charge in [-0.3, -0.25) is 14.4 Å². The van der Waals surface area contributed by atoms with E-state index < -0.39 is 11.8 Å². The van der Waals surface area contributed by atoms with Crippen LogP contribution in [0.3, 0.4) is 0 Å². The maximum absolute atomic E-state index is 13.3. The summed E-state index contributed by atoms with van der Waals surface area (Å²) < 4.78 is 6.01. The van der Waals surface area contributed by atoms with Crippen LogP contribution in [0.4, 0.5) is 0 Å². The highest BCUT2D eigenvalue weighted by Gasteiger charge is 2.32. The number of nitrogens with zero attached hydrogens (tertiary/aromatic N) is 3. The smallest absolute Gasteiger partial charge is 0.312 e. The van der Waals surface area contributed by atoms with Crippen LogP contribution in [0.25, 0.3) is 22.8 Å². The van der Waals surface area contributed by atoms with Crippen molar-refractivity contribution in [2.24, 2.45) is 0 Å². The van der Waals surface area contributed by atoms with Crippen LogP contribution in [-0.2, 0) is 9.59 Å². The second-order valence-corrected chi connectivity index (χ2v) is 8.77. The lowest BCUT2D eigenvalue weighted by Crippen LogP contribution is -2.54. The summed E-state index contributed by atoms with van der Waals surface area (Å²) in [6.45, 7) is 3.38. The van der Waals surface area contributed by atoms with Gasteiger partial charge in [0.25, 0.3) is 5.91 Å². The molecule has 1 aliphatic carbocycles. The van der Waals surface area contributed by atoms with Crippen LogP contribution in [-0.4, -0.2) is 64.7 Å². The van der Waals surface area contributed by atoms with Crippen molar-refractivity contribution in [2.45, 2.75) is 25.8 Å². The first-order chi connectivity index (χ1) is 16.5. The van der Waals surface area contributed by atoms with E-state index in [0.29, 0.717) is 49.0 Å². The number of rotatable bonds is 4. The molecule has 1 aliphatic heterocycles. The van der Waals surface area contributed by atoms with E-state index in [1.54, 1.807) is 17.2 Å². The number of oxazole rings is 1. The Labute approximate surface area is 197 Å². The number of amides is 3. The fourth-order valence-corrected chi connectivity index (χ4v) is 4.01. The van der Waals surface area contributed by atoms with E-state index in [1.165, 1.54) is 4.90 Å². The zero-order valence-corrected chi connectivity index (χ0v) is 19.0. The quantitative estimate of drug-likeness (QED) is 0.607. The van der Waals surface area contributed by atoms with Gasteiger partial charge in [0, 0.05) is 43.3 Å². The number of piperazine rings is 1. The van der Waals surface area contributed by atoms with E-state index in [1.807, 2.05) is 49.4 Å². The van der Waals surface area contributed by atoms with Crippen LogP contribution < -0.4 is 5.32 Å². The van der Waals surface area contributed by atoms with Crippen molar-refractivity contribution in [3.8, 4) is 22.8 Å². The molecule has 0 bridgehead atoms. The average molecular weight is 459 g/mol. The van der Waals surface area contributed by atoms with Crippen LogP contribution in [0, 0.1) is 6.92 Å². The Morgan fingerprint density at radius 2 is 1.62 bits per heavy atom. The molecule has 0 spiro atoms. The molecular weight excluding hydrogens is 432 g/mol. The number of benzene rings is 2. The van der Waals surface area contributed by atoms with Crippen molar-refractivity contribution in [2.75, 3.05) is 26.2 Å². The first kappa shape index (κ1) is 21.9. The van der Waals surface area contributed by atoms with Gasteiger partial charge in [0.2, 0.25) is 5.89 Å². The molecule has 0 radical (unpaired) electrons. The summed E-state index contributed by atoms with van der Waals surface area (Å²) in [5, 5.41) is 2.72. The third-order valence-corrected chi connectivity index (χ3v) is 6.19. The molecule has 0 atom stereocenters. The molecule has 0 unspecified atom stereocenters. The maximum atomic E-state index is 13.3. The van der Waals surface area contributed by atoms with Gasteiger partial charge in [0.15, 0.2) is 5.76 Å². The minimum atomic E-state index is -0.555. The number of aromatic nitrogens is 1. The van der Waals surface area contributed by atoms with Crippen LogP contribution >= 0.6 is 0 Å². The van der Waals surface area contributed by atoms with Crippen LogP contribution in [0.5, 0.6) is 0 Å². The van der Waals surface area contributed by atoms with E-state index in [2.05, 4.69) is 10.3 Å². The van der Waals surface area contributed by atoms with E-state index >= 15 is 0 Å². The number of hydrogen-bond acceptors (Lipinski definition) is 5. The third kappa shape index (κ3) is 4.57. The van der Waals surface area contributed by atoms with Gasteiger partial charge in [-0.2, -0.15) is 0 Å². The summed E-state index contributed by atoms with van der Waals surface area (Å²) >= 11 is 0. The highest BCUT2D eigenvalue weighted by molar-refractivity contribution is 6.35. The van der Waals surface area contributed by atoms with Crippen molar-refractivity contribution in [3.63, 3.8) is 0 Å². The molecule has 1 aromatic heterocycles. The highest BCUT2D eigenvalue weighted by atomic mass is 16.4.